The number of ether oxygens (including phenoxy) is 1. The minimum Gasteiger partial charge on any atom is -0.497 e. The molecule has 28 heavy (non-hydrogen) atoms. The third kappa shape index (κ3) is 4.10. The minimum absolute atomic E-state index is 0.472. The van der Waals surface area contributed by atoms with E-state index in [2.05, 4.69) is 15.0 Å². The Bertz CT molecular complexity index is 925. The van der Waals surface area contributed by atoms with Gasteiger partial charge in [-0.15, -0.1) is 0 Å². The Morgan fingerprint density at radius 1 is 1.25 bits per heavy atom. The SMILES string of the molecule is COc1cccc(-c2cc(CC3(O)CCN(Cc4nccn4C)CC3)on2)c1. The van der Waals surface area contributed by atoms with Crippen molar-refractivity contribution in [2.75, 3.05) is 20.2 Å². The van der Waals surface area contributed by atoms with E-state index < -0.39 is 5.60 Å². The molecule has 7 nitrogen and oxygen atoms in total. The van der Waals surface area contributed by atoms with E-state index in [1.165, 1.54) is 0 Å². The van der Waals surface area contributed by atoms with Crippen molar-refractivity contribution in [3.05, 3.63) is 54.3 Å². The van der Waals surface area contributed by atoms with Crippen LogP contribution in [-0.2, 0) is 20.0 Å². The molecule has 0 unspecified atom stereocenters. The van der Waals surface area contributed by atoms with E-state index in [4.69, 9.17) is 9.26 Å². The van der Waals surface area contributed by atoms with E-state index in [0.717, 1.165) is 42.5 Å². The monoisotopic (exact) mass is 382 g/mol. The van der Waals surface area contributed by atoms with Crippen LogP contribution in [-0.4, -0.2) is 50.5 Å². The molecule has 148 valence electrons. The molecule has 2 aromatic heterocycles. The molecule has 0 bridgehead atoms. The van der Waals surface area contributed by atoms with Crippen LogP contribution >= 0.6 is 0 Å². The molecule has 0 radical (unpaired) electrons. The van der Waals surface area contributed by atoms with Crippen LogP contribution in [0.15, 0.2) is 47.2 Å². The van der Waals surface area contributed by atoms with Gasteiger partial charge in [-0.25, -0.2) is 4.98 Å². The fraction of sp³-hybridized carbons (Fsp3) is 0.429. The van der Waals surface area contributed by atoms with Crippen molar-refractivity contribution in [3.8, 4) is 17.0 Å². The highest BCUT2D eigenvalue weighted by Gasteiger charge is 2.34. The van der Waals surface area contributed by atoms with Crippen molar-refractivity contribution in [1.82, 2.24) is 19.6 Å². The molecule has 0 saturated carbocycles. The highest BCUT2D eigenvalue weighted by molar-refractivity contribution is 5.60. The lowest BCUT2D eigenvalue weighted by molar-refractivity contribution is -0.0271. The number of benzene rings is 1. The molecule has 1 aliphatic heterocycles. The fourth-order valence-corrected chi connectivity index (χ4v) is 3.69. The first-order valence-electron chi connectivity index (χ1n) is 9.56. The summed E-state index contributed by atoms with van der Waals surface area (Å²) in [5.74, 6) is 2.53. The smallest absolute Gasteiger partial charge is 0.140 e. The molecule has 3 heterocycles. The molecule has 3 aromatic rings. The van der Waals surface area contributed by atoms with E-state index in [-0.39, 0.29) is 0 Å². The molecule has 0 amide bonds. The maximum Gasteiger partial charge on any atom is 0.140 e. The Labute approximate surface area is 164 Å². The van der Waals surface area contributed by atoms with Crippen LogP contribution < -0.4 is 4.74 Å². The summed E-state index contributed by atoms with van der Waals surface area (Å²) < 4.78 is 12.8. The number of aryl methyl sites for hydroxylation is 1. The second-order valence-corrected chi connectivity index (χ2v) is 7.54. The van der Waals surface area contributed by atoms with Gasteiger partial charge in [-0.2, -0.15) is 0 Å². The van der Waals surface area contributed by atoms with Crippen LogP contribution in [0, 0.1) is 0 Å². The summed E-state index contributed by atoms with van der Waals surface area (Å²) in [5, 5.41) is 15.2. The van der Waals surface area contributed by atoms with Crippen LogP contribution in [0.3, 0.4) is 0 Å². The maximum atomic E-state index is 11.0. The molecule has 0 spiro atoms. The second kappa shape index (κ2) is 7.77. The Hall–Kier alpha value is -2.64. The lowest BCUT2D eigenvalue weighted by Gasteiger charge is -2.37. The van der Waals surface area contributed by atoms with Gasteiger partial charge in [0.05, 0.1) is 19.3 Å². The van der Waals surface area contributed by atoms with Crippen LogP contribution in [0.2, 0.25) is 0 Å². The number of methoxy groups -OCH3 is 1. The van der Waals surface area contributed by atoms with Gasteiger partial charge in [0.25, 0.3) is 0 Å². The van der Waals surface area contributed by atoms with Crippen molar-refractivity contribution < 1.29 is 14.4 Å². The van der Waals surface area contributed by atoms with Crippen LogP contribution in [0.25, 0.3) is 11.3 Å². The van der Waals surface area contributed by atoms with Crippen molar-refractivity contribution in [2.45, 2.75) is 31.4 Å². The van der Waals surface area contributed by atoms with E-state index in [1.54, 1.807) is 7.11 Å². The van der Waals surface area contributed by atoms with Crippen LogP contribution in [0.1, 0.15) is 24.4 Å². The first-order chi connectivity index (χ1) is 13.5. The average Bonchev–Trinajstić information content (AvgIpc) is 3.33. The quantitative estimate of drug-likeness (QED) is 0.706. The van der Waals surface area contributed by atoms with Crippen molar-refractivity contribution in [2.24, 2.45) is 7.05 Å². The van der Waals surface area contributed by atoms with Crippen molar-refractivity contribution >= 4 is 0 Å². The first kappa shape index (κ1) is 18.7. The highest BCUT2D eigenvalue weighted by atomic mass is 16.5. The largest absolute Gasteiger partial charge is 0.497 e. The van der Waals surface area contributed by atoms with Gasteiger partial charge in [0.1, 0.15) is 23.0 Å². The highest BCUT2D eigenvalue weighted by Crippen LogP contribution is 2.29. The summed E-state index contributed by atoms with van der Waals surface area (Å²) in [5.41, 5.74) is 0.930. The zero-order valence-corrected chi connectivity index (χ0v) is 16.3. The Morgan fingerprint density at radius 3 is 2.79 bits per heavy atom. The van der Waals surface area contributed by atoms with Crippen LogP contribution in [0.4, 0.5) is 0 Å². The summed E-state index contributed by atoms with van der Waals surface area (Å²) in [6.45, 7) is 2.47. The van der Waals surface area contributed by atoms with Gasteiger partial charge >= 0.3 is 0 Å². The summed E-state index contributed by atoms with van der Waals surface area (Å²) in [4.78, 5) is 6.72. The summed E-state index contributed by atoms with van der Waals surface area (Å²) in [6, 6.07) is 9.62. The fourth-order valence-electron chi connectivity index (χ4n) is 3.69. The van der Waals surface area contributed by atoms with Gasteiger partial charge in [0.2, 0.25) is 0 Å². The molecular formula is C21H26N4O3. The van der Waals surface area contributed by atoms with Gasteiger partial charge in [0.15, 0.2) is 0 Å². The maximum absolute atomic E-state index is 11.0. The Morgan fingerprint density at radius 2 is 2.07 bits per heavy atom. The van der Waals surface area contributed by atoms with Gasteiger partial charge in [-0.3, -0.25) is 4.90 Å². The Balaban J connectivity index is 1.37. The predicted molar refractivity (Wildman–Crippen MR) is 105 cm³/mol. The summed E-state index contributed by atoms with van der Waals surface area (Å²) in [7, 11) is 3.65. The number of rotatable bonds is 6. The number of aromatic nitrogens is 3. The third-order valence-electron chi connectivity index (χ3n) is 5.50. The number of hydrogen-bond donors (Lipinski definition) is 1. The van der Waals surface area contributed by atoms with Crippen LogP contribution in [0.5, 0.6) is 5.75 Å². The molecule has 1 fully saturated rings. The number of aliphatic hydroxyl groups is 1. The van der Waals surface area contributed by atoms with E-state index in [1.807, 2.05) is 54.3 Å². The number of imidazole rings is 1. The molecular weight excluding hydrogens is 356 g/mol. The van der Waals surface area contributed by atoms with Gasteiger partial charge in [-0.1, -0.05) is 17.3 Å². The van der Waals surface area contributed by atoms with E-state index in [9.17, 15) is 5.11 Å². The van der Waals surface area contributed by atoms with E-state index in [0.29, 0.717) is 25.0 Å². The van der Waals surface area contributed by atoms with Crippen molar-refractivity contribution in [3.63, 3.8) is 0 Å². The number of piperidine rings is 1. The lowest BCUT2D eigenvalue weighted by Crippen LogP contribution is -2.45. The standard InChI is InChI=1S/C21H26N4O3/c1-24-11-8-22-20(24)15-25-9-6-21(26,7-10-25)14-18-13-19(23-28-18)16-4-3-5-17(12-16)27-2/h3-5,8,11-13,26H,6-7,9-10,14-15H2,1-2H3. The zero-order valence-electron chi connectivity index (χ0n) is 16.3. The molecule has 0 aliphatic carbocycles. The van der Waals surface area contributed by atoms with E-state index >= 15 is 0 Å². The number of likely N-dealkylation sites (tertiary alicyclic amines) is 1. The number of hydrogen-bond acceptors (Lipinski definition) is 6. The molecule has 1 saturated heterocycles. The van der Waals surface area contributed by atoms with Gasteiger partial charge < -0.3 is 18.9 Å². The topological polar surface area (TPSA) is 76.6 Å². The molecule has 7 heteroatoms. The summed E-state index contributed by atoms with van der Waals surface area (Å²) >= 11 is 0. The predicted octanol–water partition coefficient (Wildman–Crippen LogP) is 2.65. The molecule has 1 N–H and O–H groups in total. The van der Waals surface area contributed by atoms with Gasteiger partial charge in [0, 0.05) is 50.6 Å². The average molecular weight is 382 g/mol. The Kier molecular flexibility index (Phi) is 5.19. The first-order valence-corrected chi connectivity index (χ1v) is 9.56. The number of nitrogens with zero attached hydrogens (tertiary/aromatic N) is 4. The second-order valence-electron chi connectivity index (χ2n) is 7.54. The normalized spacial score (nSPS) is 17.0. The van der Waals surface area contributed by atoms with Gasteiger partial charge in [-0.05, 0) is 25.0 Å². The third-order valence-corrected chi connectivity index (χ3v) is 5.50. The molecule has 0 atom stereocenters. The molecule has 1 aliphatic rings. The minimum atomic E-state index is -0.761. The van der Waals surface area contributed by atoms with Crippen molar-refractivity contribution in [1.29, 1.82) is 0 Å². The molecule has 1 aromatic carbocycles. The zero-order chi connectivity index (χ0) is 19.6. The lowest BCUT2D eigenvalue weighted by atomic mass is 9.87. The summed E-state index contributed by atoms with van der Waals surface area (Å²) in [6.07, 6.45) is 5.65. The molecule has 4 rings (SSSR count).